The number of nitrogen functional groups attached to an aromatic ring is 1. The second-order valence-electron chi connectivity index (χ2n) is 9.53. The highest BCUT2D eigenvalue weighted by Crippen LogP contribution is 2.48. The van der Waals surface area contributed by atoms with Crippen LogP contribution in [0.25, 0.3) is 10.8 Å². The van der Waals surface area contributed by atoms with E-state index in [1.807, 2.05) is 5.92 Å². The molecule has 0 aliphatic heterocycles. The normalized spacial score (nSPS) is 11.8. The lowest BCUT2D eigenvalue weighted by atomic mass is 10.1. The van der Waals surface area contributed by atoms with Crippen molar-refractivity contribution in [2.45, 2.75) is 21.6 Å². The minimum atomic E-state index is -4.90. The minimum Gasteiger partial charge on any atom is -0.505 e. The van der Waals surface area contributed by atoms with Gasteiger partial charge >= 0.3 is 0 Å². The molecule has 0 saturated carbocycles. The van der Waals surface area contributed by atoms with Crippen molar-refractivity contribution < 1.29 is 60.3 Å². The van der Waals surface area contributed by atoms with E-state index in [1.165, 1.54) is 36.4 Å². The Labute approximate surface area is 287 Å². The first-order chi connectivity index (χ1) is 23.7. The van der Waals surface area contributed by atoms with Gasteiger partial charge in [0.05, 0.1) is 29.2 Å². The summed E-state index contributed by atoms with van der Waals surface area (Å²) in [5.74, 6) is 3.31. The molecule has 0 amide bonds. The lowest BCUT2D eigenvalue weighted by Crippen LogP contribution is -2.04. The standard InChI is InChI=1S/C29H23N5O13S3/c1-3-4-10-44-23-15-22(24(45-11-9-35)14-21(23)32-31-20-8-5-16(2)12-26(20)49(38,39)40)33-34-27-25(48-47-46-37)13-18-17(28(27)36)6-7-19(30)29(18)50(41,42)43/h1,5-8,12-15,35-37H,9,11,30H2,2H3,(H,38,39,40)(H,41,42,43). The van der Waals surface area contributed by atoms with E-state index in [0.29, 0.717) is 5.56 Å². The largest absolute Gasteiger partial charge is 0.505 e. The van der Waals surface area contributed by atoms with Gasteiger partial charge in [0.15, 0.2) is 11.5 Å². The van der Waals surface area contributed by atoms with Crippen LogP contribution < -0.4 is 15.2 Å². The Balaban J connectivity index is 1.93. The number of ether oxygens (including phenoxy) is 2. The van der Waals surface area contributed by atoms with Gasteiger partial charge in [0.25, 0.3) is 20.2 Å². The van der Waals surface area contributed by atoms with Crippen LogP contribution in [-0.2, 0) is 29.6 Å². The zero-order valence-corrected chi connectivity index (χ0v) is 27.7. The molecule has 0 aliphatic rings. The number of phenolic OH excluding ortho intramolecular Hbond substituents is 1. The lowest BCUT2D eigenvalue weighted by molar-refractivity contribution is -0.432. The number of anilines is 1. The molecule has 18 nitrogen and oxygen atoms in total. The van der Waals surface area contributed by atoms with Crippen LogP contribution in [0.3, 0.4) is 0 Å². The first kappa shape index (κ1) is 37.5. The number of phenols is 1. The molecule has 0 saturated heterocycles. The van der Waals surface area contributed by atoms with Crippen LogP contribution in [0.2, 0.25) is 0 Å². The number of aliphatic hydroxyl groups is 1. The number of nitrogens with zero attached hydrogens (tertiary/aromatic N) is 4. The number of terminal acetylenes is 1. The Morgan fingerprint density at radius 3 is 2.24 bits per heavy atom. The average Bonchev–Trinajstić information content (AvgIpc) is 3.05. The summed E-state index contributed by atoms with van der Waals surface area (Å²) in [4.78, 5) is -1.45. The van der Waals surface area contributed by atoms with Crippen molar-refractivity contribution in [3.05, 3.63) is 54.1 Å². The van der Waals surface area contributed by atoms with E-state index in [-0.39, 0.29) is 74.3 Å². The van der Waals surface area contributed by atoms with Crippen molar-refractivity contribution >= 4 is 71.5 Å². The van der Waals surface area contributed by atoms with E-state index in [4.69, 9.17) is 26.9 Å². The van der Waals surface area contributed by atoms with Crippen molar-refractivity contribution in [3.63, 3.8) is 0 Å². The zero-order valence-electron chi connectivity index (χ0n) is 25.2. The van der Waals surface area contributed by atoms with Gasteiger partial charge < -0.3 is 25.4 Å². The van der Waals surface area contributed by atoms with E-state index >= 15 is 0 Å². The molecule has 0 atom stereocenters. The van der Waals surface area contributed by atoms with Gasteiger partial charge in [0.2, 0.25) is 0 Å². The number of nitrogens with two attached hydrogens (primary N) is 1. The Morgan fingerprint density at radius 1 is 0.900 bits per heavy atom. The van der Waals surface area contributed by atoms with Crippen LogP contribution >= 0.6 is 12.0 Å². The van der Waals surface area contributed by atoms with E-state index in [9.17, 15) is 36.2 Å². The molecule has 0 heterocycles. The molecule has 7 N–H and O–H groups in total. The summed E-state index contributed by atoms with van der Waals surface area (Å²) in [6.45, 7) is 0.873. The summed E-state index contributed by atoms with van der Waals surface area (Å²) < 4.78 is 83.1. The Morgan fingerprint density at radius 2 is 1.58 bits per heavy atom. The number of aryl methyl sites for hydroxylation is 1. The molecule has 0 unspecified atom stereocenters. The van der Waals surface area contributed by atoms with Crippen LogP contribution in [-0.4, -0.2) is 54.6 Å². The summed E-state index contributed by atoms with van der Waals surface area (Å²) in [6, 6.07) is 9.89. The van der Waals surface area contributed by atoms with Gasteiger partial charge in [0, 0.05) is 28.8 Å². The monoisotopic (exact) mass is 745 g/mol. The molecule has 4 aromatic rings. The second kappa shape index (κ2) is 15.9. The highest BCUT2D eigenvalue weighted by Gasteiger charge is 2.24. The molecule has 0 spiro atoms. The van der Waals surface area contributed by atoms with Crippen molar-refractivity contribution in [2.24, 2.45) is 20.5 Å². The van der Waals surface area contributed by atoms with E-state index in [0.717, 1.165) is 12.1 Å². The van der Waals surface area contributed by atoms with Crippen molar-refractivity contribution in [1.82, 2.24) is 0 Å². The lowest BCUT2D eigenvalue weighted by Gasteiger charge is -2.13. The number of hydrogen-bond acceptors (Lipinski definition) is 17. The third-order valence-electron chi connectivity index (χ3n) is 6.22. The maximum absolute atomic E-state index is 12.1. The molecule has 21 heteroatoms. The minimum absolute atomic E-state index is 0.112. The van der Waals surface area contributed by atoms with Gasteiger partial charge in [-0.3, -0.25) is 9.11 Å². The maximum Gasteiger partial charge on any atom is 0.297 e. The second-order valence-corrected chi connectivity index (χ2v) is 13.0. The molecule has 0 radical (unpaired) electrons. The molecule has 0 aliphatic carbocycles. The van der Waals surface area contributed by atoms with Gasteiger partial charge in [0.1, 0.15) is 51.0 Å². The van der Waals surface area contributed by atoms with Crippen LogP contribution in [0.15, 0.2) is 83.7 Å². The number of azo groups is 2. The molecule has 260 valence electrons. The molecule has 4 aromatic carbocycles. The van der Waals surface area contributed by atoms with Crippen molar-refractivity contribution in [3.8, 4) is 41.6 Å². The molecular weight excluding hydrogens is 723 g/mol. The number of aromatic hydroxyl groups is 1. The van der Waals surface area contributed by atoms with Gasteiger partial charge in [-0.2, -0.15) is 16.8 Å². The fourth-order valence-electron chi connectivity index (χ4n) is 4.19. The summed E-state index contributed by atoms with van der Waals surface area (Å²) in [6.07, 6.45) is 7.41. The van der Waals surface area contributed by atoms with E-state index in [1.54, 1.807) is 6.92 Å². The fourth-order valence-corrected chi connectivity index (χ4v) is 6.20. The Bertz CT molecular complexity index is 2350. The number of benzene rings is 4. The summed E-state index contributed by atoms with van der Waals surface area (Å²) in [5, 5.41) is 48.7. The molecular formula is C29H23N5O13S3. The quantitative estimate of drug-likeness (QED) is 0.0186. The average molecular weight is 746 g/mol. The van der Waals surface area contributed by atoms with Gasteiger partial charge in [-0.1, -0.05) is 11.1 Å². The SMILES string of the molecule is C#CC#COc1cc(N=Nc2c(SOOO)cc3c(S(=O)(=O)O)c(N)ccc3c2O)c(OCCO)cc1N=Nc1ccc(C)cc1S(=O)(=O)O. The Hall–Kier alpha value is -5.33. The number of aliphatic hydroxyl groups excluding tert-OH is 1. The van der Waals surface area contributed by atoms with Crippen molar-refractivity contribution in [2.75, 3.05) is 18.9 Å². The van der Waals surface area contributed by atoms with Crippen LogP contribution in [0.5, 0.6) is 17.2 Å². The highest BCUT2D eigenvalue weighted by atomic mass is 32.2. The smallest absolute Gasteiger partial charge is 0.297 e. The molecule has 0 bridgehead atoms. The van der Waals surface area contributed by atoms with Gasteiger partial charge in [-0.25, -0.2) is 5.26 Å². The summed E-state index contributed by atoms with van der Waals surface area (Å²) in [7, 11) is -9.60. The predicted octanol–water partition coefficient (Wildman–Crippen LogP) is 5.53. The van der Waals surface area contributed by atoms with Gasteiger partial charge in [-0.15, -0.1) is 31.2 Å². The van der Waals surface area contributed by atoms with Crippen LogP contribution in [0.4, 0.5) is 28.4 Å². The third-order valence-corrected chi connectivity index (χ3v) is 8.69. The first-order valence-electron chi connectivity index (χ1n) is 13.4. The highest BCUT2D eigenvalue weighted by molar-refractivity contribution is 7.94. The maximum atomic E-state index is 12.1. The number of rotatable bonds is 13. The fraction of sp³-hybridized carbons (Fsp3) is 0.103. The summed E-state index contributed by atoms with van der Waals surface area (Å²) >= 11 is 0.265. The summed E-state index contributed by atoms with van der Waals surface area (Å²) in [5.41, 5.74) is 5.08. The molecule has 0 fully saturated rings. The zero-order chi connectivity index (χ0) is 36.6. The molecule has 50 heavy (non-hydrogen) atoms. The molecule has 4 rings (SSSR count). The molecule has 0 aromatic heterocycles. The van der Waals surface area contributed by atoms with E-state index in [2.05, 4.69) is 41.9 Å². The van der Waals surface area contributed by atoms with Crippen LogP contribution in [0, 0.1) is 31.3 Å². The number of hydrogen-bond donors (Lipinski definition) is 6. The van der Waals surface area contributed by atoms with Gasteiger partial charge in [-0.05, 0) is 48.7 Å². The van der Waals surface area contributed by atoms with E-state index < -0.39 is 42.4 Å². The Kier molecular flexibility index (Phi) is 11.9. The third kappa shape index (κ3) is 8.82. The number of fused-ring (bicyclic) bond motifs is 1. The van der Waals surface area contributed by atoms with Crippen LogP contribution in [0.1, 0.15) is 5.56 Å². The van der Waals surface area contributed by atoms with Crippen molar-refractivity contribution in [1.29, 1.82) is 0 Å². The predicted molar refractivity (Wildman–Crippen MR) is 176 cm³/mol. The first-order valence-corrected chi connectivity index (χ1v) is 17.0. The topological polar surface area (TPSA) is 282 Å².